The van der Waals surface area contributed by atoms with Crippen LogP contribution >= 0.6 is 11.6 Å². The number of fused-ring (bicyclic) bond motifs is 1. The van der Waals surface area contributed by atoms with Crippen molar-refractivity contribution in [3.05, 3.63) is 88.0 Å². The number of hydrogen-bond donors (Lipinski definition) is 1. The molecule has 1 aliphatic rings. The molecule has 4 aromatic rings. The summed E-state index contributed by atoms with van der Waals surface area (Å²) in [5.41, 5.74) is 0.715. The van der Waals surface area contributed by atoms with Crippen LogP contribution in [0.3, 0.4) is 0 Å². The van der Waals surface area contributed by atoms with Crippen LogP contribution in [0.2, 0.25) is 5.02 Å². The molecule has 1 atom stereocenters. The van der Waals surface area contributed by atoms with E-state index in [1.165, 1.54) is 65.1 Å². The maximum absolute atomic E-state index is 15.2. The molecule has 1 amide bonds. The molecule has 3 aromatic heterocycles. The highest BCUT2D eigenvalue weighted by Gasteiger charge is 2.34. The molecule has 0 aliphatic carbocycles. The summed E-state index contributed by atoms with van der Waals surface area (Å²) in [7, 11) is 0. The number of ketones is 1. The molecule has 0 fully saturated rings. The molecule has 0 spiro atoms. The zero-order valence-electron chi connectivity index (χ0n) is 20.8. The summed E-state index contributed by atoms with van der Waals surface area (Å²) in [6.07, 6.45) is 2.57. The van der Waals surface area contributed by atoms with Gasteiger partial charge in [-0.2, -0.15) is 4.68 Å². The van der Waals surface area contributed by atoms with Gasteiger partial charge in [0.05, 0.1) is 10.7 Å². The number of benzene rings is 1. The number of anilines is 1. The number of allylic oxidation sites excluding steroid dienone is 1. The van der Waals surface area contributed by atoms with E-state index in [-0.39, 0.29) is 45.5 Å². The van der Waals surface area contributed by atoms with Crippen LogP contribution in [0.25, 0.3) is 22.4 Å². The number of Topliss-reactive ketones (excluding diaryl/α,β-unsaturated/α-hetero) is 1. The first kappa shape index (κ1) is 26.6. The molecule has 1 aliphatic heterocycles. The summed E-state index contributed by atoms with van der Waals surface area (Å²) in [4.78, 5) is 53.8. The summed E-state index contributed by atoms with van der Waals surface area (Å²) in [6, 6.07) is 7.35. The van der Waals surface area contributed by atoms with Crippen LogP contribution in [-0.4, -0.2) is 54.0 Å². The molecular formula is C26H19ClFN7O5. The minimum absolute atomic E-state index is 0.0112. The van der Waals surface area contributed by atoms with Crippen LogP contribution in [0.15, 0.2) is 60.3 Å². The number of halogens is 2. The van der Waals surface area contributed by atoms with Gasteiger partial charge in [-0.1, -0.05) is 18.2 Å². The average Bonchev–Trinajstić information content (AvgIpc) is 3.57. The first-order valence-corrected chi connectivity index (χ1v) is 12.1. The lowest BCUT2D eigenvalue weighted by Crippen LogP contribution is -2.29. The molecule has 4 heterocycles. The molecule has 202 valence electrons. The van der Waals surface area contributed by atoms with Gasteiger partial charge < -0.3 is 10.1 Å². The van der Waals surface area contributed by atoms with Crippen molar-refractivity contribution in [2.24, 2.45) is 0 Å². The van der Waals surface area contributed by atoms with Crippen LogP contribution in [-0.2, 0) is 14.3 Å². The van der Waals surface area contributed by atoms with Crippen molar-refractivity contribution in [2.45, 2.75) is 19.4 Å². The van der Waals surface area contributed by atoms with E-state index < -0.39 is 35.8 Å². The Bertz CT molecular complexity index is 1740. The number of pyridine rings is 2. The van der Waals surface area contributed by atoms with Gasteiger partial charge in [-0.25, -0.2) is 14.2 Å². The second-order valence-electron chi connectivity index (χ2n) is 8.82. The molecule has 0 radical (unpaired) electrons. The Kier molecular flexibility index (Phi) is 7.05. The first-order chi connectivity index (χ1) is 19.1. The summed E-state index contributed by atoms with van der Waals surface area (Å²) in [5.74, 6) is -2.16. The van der Waals surface area contributed by atoms with Crippen molar-refractivity contribution in [3.63, 3.8) is 0 Å². The third-order valence-electron chi connectivity index (χ3n) is 6.15. The maximum Gasteiger partial charge on any atom is 0.330 e. The number of carbonyl (C=O) groups excluding carboxylic acids is 3. The van der Waals surface area contributed by atoms with Gasteiger partial charge in [0, 0.05) is 42.4 Å². The van der Waals surface area contributed by atoms with Crippen molar-refractivity contribution in [3.8, 4) is 16.8 Å². The van der Waals surface area contributed by atoms with Gasteiger partial charge in [0.25, 0.3) is 5.56 Å². The predicted molar refractivity (Wildman–Crippen MR) is 140 cm³/mol. The van der Waals surface area contributed by atoms with Crippen molar-refractivity contribution >= 4 is 40.7 Å². The Hall–Kier alpha value is -5.04. The van der Waals surface area contributed by atoms with Crippen molar-refractivity contribution < 1.29 is 23.5 Å². The number of aromatic nitrogens is 6. The molecule has 5 rings (SSSR count). The van der Waals surface area contributed by atoms with Crippen LogP contribution in [0.5, 0.6) is 0 Å². The summed E-state index contributed by atoms with van der Waals surface area (Å²) >= 11 is 6.03. The lowest BCUT2D eigenvalue weighted by molar-refractivity contribution is -0.146. The molecule has 0 saturated heterocycles. The summed E-state index contributed by atoms with van der Waals surface area (Å²) in [6.45, 7) is 4.69. The second-order valence-corrected chi connectivity index (χ2v) is 9.22. The Balaban J connectivity index is 1.39. The number of carbonyl (C=O) groups is 3. The van der Waals surface area contributed by atoms with Gasteiger partial charge in [0.15, 0.2) is 12.4 Å². The van der Waals surface area contributed by atoms with Crippen molar-refractivity contribution in [1.29, 1.82) is 0 Å². The van der Waals surface area contributed by atoms with E-state index in [4.69, 9.17) is 16.3 Å². The number of nitrogens with one attached hydrogen (secondary N) is 1. The van der Waals surface area contributed by atoms with Crippen LogP contribution in [0.1, 0.15) is 35.4 Å². The molecule has 0 bridgehead atoms. The van der Waals surface area contributed by atoms with E-state index in [1.807, 2.05) is 0 Å². The van der Waals surface area contributed by atoms with Gasteiger partial charge in [0.1, 0.15) is 18.2 Å². The van der Waals surface area contributed by atoms with Gasteiger partial charge in [-0.3, -0.25) is 19.0 Å². The molecule has 1 aromatic carbocycles. The molecule has 14 heteroatoms. The number of ether oxygens (including phenoxy) is 1. The Morgan fingerprint density at radius 1 is 1.23 bits per heavy atom. The molecule has 40 heavy (non-hydrogen) atoms. The zero-order chi connectivity index (χ0) is 28.6. The highest BCUT2D eigenvalue weighted by molar-refractivity contribution is 6.31. The third-order valence-corrected chi connectivity index (χ3v) is 6.44. The number of rotatable bonds is 7. The molecule has 12 nitrogen and oxygen atoms in total. The van der Waals surface area contributed by atoms with Crippen molar-refractivity contribution in [2.75, 3.05) is 11.9 Å². The van der Waals surface area contributed by atoms with E-state index in [9.17, 15) is 19.2 Å². The van der Waals surface area contributed by atoms with E-state index in [0.717, 1.165) is 0 Å². The molecular weight excluding hydrogens is 545 g/mol. The minimum Gasteiger partial charge on any atom is -0.456 e. The zero-order valence-corrected chi connectivity index (χ0v) is 21.6. The smallest absolute Gasteiger partial charge is 0.330 e. The highest BCUT2D eigenvalue weighted by Crippen LogP contribution is 2.38. The number of hydrogen-bond acceptors (Lipinski definition) is 9. The number of amides is 1. The Morgan fingerprint density at radius 2 is 2.02 bits per heavy atom. The van der Waals surface area contributed by atoms with Crippen LogP contribution < -0.4 is 10.9 Å². The van der Waals surface area contributed by atoms with Crippen molar-refractivity contribution in [1.82, 2.24) is 29.8 Å². The lowest BCUT2D eigenvalue weighted by Gasteiger charge is -2.15. The monoisotopic (exact) mass is 563 g/mol. The number of nitrogens with zero attached hydrogens (tertiary/aromatic N) is 6. The van der Waals surface area contributed by atoms with Crippen LogP contribution in [0.4, 0.5) is 10.2 Å². The normalized spacial score (nSPS) is 14.1. The van der Waals surface area contributed by atoms with Crippen LogP contribution in [0, 0.1) is 5.82 Å². The largest absolute Gasteiger partial charge is 0.456 e. The predicted octanol–water partition coefficient (Wildman–Crippen LogP) is 3.02. The van der Waals surface area contributed by atoms with Gasteiger partial charge in [-0.15, -0.1) is 5.10 Å². The van der Waals surface area contributed by atoms with Gasteiger partial charge >= 0.3 is 5.97 Å². The quantitative estimate of drug-likeness (QED) is 0.264. The number of esters is 1. The van der Waals surface area contributed by atoms with Gasteiger partial charge in [0.2, 0.25) is 11.7 Å². The Labute approximate surface area is 230 Å². The van der Waals surface area contributed by atoms with E-state index in [2.05, 4.69) is 32.4 Å². The van der Waals surface area contributed by atoms with Gasteiger partial charge in [-0.05, 0) is 51.9 Å². The fraction of sp³-hybridized carbons (Fsp3) is 0.154. The van der Waals surface area contributed by atoms with E-state index in [1.54, 1.807) is 0 Å². The molecule has 0 saturated carbocycles. The Morgan fingerprint density at radius 3 is 2.70 bits per heavy atom. The standard InChI is InChI=1S/C26H19ClFN7O5/c1-13-7-20(26(39)40-11-21(37)15-3-6-22(29-10-15)31-14(2)36)35-19(13)8-16(9-23(35)38)24-18(34-12-30-32-33-34)5-4-17(27)25(24)28/h3-6,8-10,12,20H,1,7,11H2,2H3,(H,29,31,36). The molecule has 1 N–H and O–H groups in total. The molecule has 1 unspecified atom stereocenters. The minimum atomic E-state index is -1.07. The lowest BCUT2D eigenvalue weighted by atomic mass is 10.0. The first-order valence-electron chi connectivity index (χ1n) is 11.7. The second kappa shape index (κ2) is 10.6. The summed E-state index contributed by atoms with van der Waals surface area (Å²) < 4.78 is 22.9. The SMILES string of the molecule is C=C1CC(C(=O)OCC(=O)c2ccc(NC(C)=O)nc2)n2c1cc(-c1c(-n3cnnn3)ccc(Cl)c1F)cc2=O. The average molecular weight is 564 g/mol. The topological polar surface area (TPSA) is 151 Å². The fourth-order valence-electron chi connectivity index (χ4n) is 4.34. The highest BCUT2D eigenvalue weighted by atomic mass is 35.5. The van der Waals surface area contributed by atoms with E-state index in [0.29, 0.717) is 11.3 Å². The third kappa shape index (κ3) is 5.01. The summed E-state index contributed by atoms with van der Waals surface area (Å²) in [5, 5.41) is 13.2. The fourth-order valence-corrected chi connectivity index (χ4v) is 4.50. The van der Waals surface area contributed by atoms with E-state index >= 15 is 4.39 Å². The number of tetrazole rings is 1. The maximum atomic E-state index is 15.2.